The molecule has 0 atom stereocenters. The van der Waals surface area contributed by atoms with Gasteiger partial charge in [-0.15, -0.1) is 11.3 Å². The third kappa shape index (κ3) is 2.83. The Labute approximate surface area is 102 Å². The average Bonchev–Trinajstić information content (AvgIpc) is 2.58. The number of thiazole rings is 1. The maximum absolute atomic E-state index is 10.5. The molecule has 1 fully saturated rings. The molecule has 2 rings (SSSR count). The molecule has 0 spiro atoms. The van der Waals surface area contributed by atoms with Crippen LogP contribution in [0.5, 0.6) is 0 Å². The van der Waals surface area contributed by atoms with Crippen molar-refractivity contribution < 1.29 is 5.11 Å². The van der Waals surface area contributed by atoms with Gasteiger partial charge in [0.2, 0.25) is 0 Å². The van der Waals surface area contributed by atoms with E-state index in [2.05, 4.69) is 24.2 Å². The molecule has 3 heteroatoms. The van der Waals surface area contributed by atoms with Crippen molar-refractivity contribution in [2.24, 2.45) is 5.41 Å². The van der Waals surface area contributed by atoms with E-state index in [-0.39, 0.29) is 0 Å². The number of aryl methyl sites for hydroxylation is 1. The third-order valence-corrected chi connectivity index (χ3v) is 4.53. The van der Waals surface area contributed by atoms with Gasteiger partial charge in [0.15, 0.2) is 0 Å². The SMILES string of the molecule is Cc1nc(CC2(O)CCC(C)(C)CC2)cs1. The van der Waals surface area contributed by atoms with E-state index in [0.29, 0.717) is 5.41 Å². The van der Waals surface area contributed by atoms with Crippen molar-refractivity contribution in [3.8, 4) is 0 Å². The molecule has 0 radical (unpaired) electrons. The standard InChI is InChI=1S/C13H21NOS/c1-10-14-11(9-16-10)8-13(15)6-4-12(2,3)5-7-13/h9,15H,4-8H2,1-3H3. The molecule has 0 aromatic carbocycles. The zero-order valence-corrected chi connectivity index (χ0v) is 11.2. The first-order chi connectivity index (χ1) is 7.39. The molecule has 0 bridgehead atoms. The first-order valence-corrected chi connectivity index (χ1v) is 6.90. The molecular formula is C13H21NOS. The Morgan fingerprint density at radius 2 is 1.94 bits per heavy atom. The van der Waals surface area contributed by atoms with E-state index in [1.54, 1.807) is 11.3 Å². The summed E-state index contributed by atoms with van der Waals surface area (Å²) in [4.78, 5) is 4.44. The van der Waals surface area contributed by atoms with Gasteiger partial charge >= 0.3 is 0 Å². The van der Waals surface area contributed by atoms with Gasteiger partial charge in [-0.3, -0.25) is 0 Å². The Bertz CT molecular complexity index is 360. The summed E-state index contributed by atoms with van der Waals surface area (Å²) in [5, 5.41) is 13.7. The first kappa shape index (κ1) is 12.1. The Balaban J connectivity index is 1.99. The van der Waals surface area contributed by atoms with Gasteiger partial charge in [-0.05, 0) is 38.0 Å². The van der Waals surface area contributed by atoms with Crippen LogP contribution in [0, 0.1) is 12.3 Å². The monoisotopic (exact) mass is 239 g/mol. The van der Waals surface area contributed by atoms with Gasteiger partial charge in [-0.25, -0.2) is 4.98 Å². The third-order valence-electron chi connectivity index (χ3n) is 3.71. The second-order valence-corrected chi connectivity index (χ2v) is 6.99. The largest absolute Gasteiger partial charge is 0.389 e. The van der Waals surface area contributed by atoms with Gasteiger partial charge in [0.05, 0.1) is 16.3 Å². The molecule has 1 N–H and O–H groups in total. The van der Waals surface area contributed by atoms with Crippen molar-refractivity contribution >= 4 is 11.3 Å². The Kier molecular flexibility index (Phi) is 3.10. The minimum absolute atomic E-state index is 0.407. The van der Waals surface area contributed by atoms with Gasteiger partial charge in [0, 0.05) is 11.8 Å². The van der Waals surface area contributed by atoms with Crippen LogP contribution < -0.4 is 0 Å². The highest BCUT2D eigenvalue weighted by atomic mass is 32.1. The summed E-state index contributed by atoms with van der Waals surface area (Å²) in [5.41, 5.74) is 0.963. The van der Waals surface area contributed by atoms with Crippen LogP contribution >= 0.6 is 11.3 Å². The fourth-order valence-electron chi connectivity index (χ4n) is 2.40. The van der Waals surface area contributed by atoms with Crippen molar-refractivity contribution in [2.45, 2.75) is 58.5 Å². The average molecular weight is 239 g/mol. The maximum Gasteiger partial charge on any atom is 0.0897 e. The van der Waals surface area contributed by atoms with Crippen LogP contribution in [0.3, 0.4) is 0 Å². The smallest absolute Gasteiger partial charge is 0.0897 e. The van der Waals surface area contributed by atoms with Crippen molar-refractivity contribution in [1.29, 1.82) is 0 Å². The second-order valence-electron chi connectivity index (χ2n) is 5.92. The Morgan fingerprint density at radius 1 is 1.31 bits per heavy atom. The van der Waals surface area contributed by atoms with Crippen molar-refractivity contribution in [2.75, 3.05) is 0 Å². The summed E-state index contributed by atoms with van der Waals surface area (Å²) in [7, 11) is 0. The minimum Gasteiger partial charge on any atom is -0.389 e. The Hall–Kier alpha value is -0.410. The zero-order chi connectivity index (χ0) is 11.8. The highest BCUT2D eigenvalue weighted by molar-refractivity contribution is 7.09. The number of rotatable bonds is 2. The van der Waals surface area contributed by atoms with E-state index >= 15 is 0 Å². The molecule has 1 aromatic heterocycles. The van der Waals surface area contributed by atoms with Gasteiger partial charge in [0.25, 0.3) is 0 Å². The van der Waals surface area contributed by atoms with Gasteiger partial charge in [-0.2, -0.15) is 0 Å². The summed E-state index contributed by atoms with van der Waals surface area (Å²) >= 11 is 1.67. The number of hydrogen-bond acceptors (Lipinski definition) is 3. The summed E-state index contributed by atoms with van der Waals surface area (Å²) in [6, 6.07) is 0. The van der Waals surface area contributed by atoms with Gasteiger partial charge in [0.1, 0.15) is 0 Å². The molecular weight excluding hydrogens is 218 g/mol. The van der Waals surface area contributed by atoms with Crippen molar-refractivity contribution in [3.05, 3.63) is 16.1 Å². The van der Waals surface area contributed by atoms with Crippen molar-refractivity contribution in [1.82, 2.24) is 4.98 Å². The van der Waals surface area contributed by atoms with Crippen LogP contribution in [0.2, 0.25) is 0 Å². The van der Waals surface area contributed by atoms with Crippen LogP contribution in [-0.2, 0) is 6.42 Å². The predicted octanol–water partition coefficient (Wildman–Crippen LogP) is 3.33. The number of aliphatic hydroxyl groups is 1. The molecule has 0 aliphatic heterocycles. The van der Waals surface area contributed by atoms with E-state index in [9.17, 15) is 5.11 Å². The van der Waals surface area contributed by atoms with E-state index in [4.69, 9.17) is 0 Å². The molecule has 1 saturated carbocycles. The zero-order valence-electron chi connectivity index (χ0n) is 10.4. The van der Waals surface area contributed by atoms with Crippen LogP contribution in [-0.4, -0.2) is 15.7 Å². The minimum atomic E-state index is -0.504. The number of aromatic nitrogens is 1. The number of nitrogens with zero attached hydrogens (tertiary/aromatic N) is 1. The van der Waals surface area contributed by atoms with Crippen LogP contribution in [0.15, 0.2) is 5.38 Å². The van der Waals surface area contributed by atoms with E-state index in [0.717, 1.165) is 42.8 Å². The summed E-state index contributed by atoms with van der Waals surface area (Å²) in [5.74, 6) is 0. The lowest BCUT2D eigenvalue weighted by Gasteiger charge is -2.40. The first-order valence-electron chi connectivity index (χ1n) is 6.02. The van der Waals surface area contributed by atoms with Crippen molar-refractivity contribution in [3.63, 3.8) is 0 Å². The molecule has 1 heterocycles. The van der Waals surface area contributed by atoms with E-state index in [1.165, 1.54) is 0 Å². The van der Waals surface area contributed by atoms with Crippen LogP contribution in [0.25, 0.3) is 0 Å². The highest BCUT2D eigenvalue weighted by Gasteiger charge is 2.36. The molecule has 1 aliphatic carbocycles. The van der Waals surface area contributed by atoms with Crippen LogP contribution in [0.1, 0.15) is 50.2 Å². The summed E-state index contributed by atoms with van der Waals surface area (Å²) in [6.07, 6.45) is 4.79. The molecule has 1 aliphatic rings. The molecule has 16 heavy (non-hydrogen) atoms. The Morgan fingerprint density at radius 3 is 2.44 bits per heavy atom. The summed E-state index contributed by atoms with van der Waals surface area (Å²) in [6.45, 7) is 6.60. The lowest BCUT2D eigenvalue weighted by atomic mass is 9.70. The van der Waals surface area contributed by atoms with Gasteiger partial charge in [-0.1, -0.05) is 13.8 Å². The predicted molar refractivity (Wildman–Crippen MR) is 67.8 cm³/mol. The van der Waals surface area contributed by atoms with Gasteiger partial charge < -0.3 is 5.11 Å². The molecule has 2 nitrogen and oxygen atoms in total. The fourth-order valence-corrected chi connectivity index (χ4v) is 3.01. The van der Waals surface area contributed by atoms with E-state index < -0.39 is 5.60 Å². The highest BCUT2D eigenvalue weighted by Crippen LogP contribution is 2.41. The molecule has 90 valence electrons. The quantitative estimate of drug-likeness (QED) is 0.858. The number of hydrogen-bond donors (Lipinski definition) is 1. The molecule has 1 aromatic rings. The molecule has 0 saturated heterocycles. The lowest BCUT2D eigenvalue weighted by Crippen LogP contribution is -2.38. The van der Waals surface area contributed by atoms with E-state index in [1.807, 2.05) is 6.92 Å². The van der Waals surface area contributed by atoms with Crippen LogP contribution in [0.4, 0.5) is 0 Å². The molecule has 0 unspecified atom stereocenters. The fraction of sp³-hybridized carbons (Fsp3) is 0.769. The topological polar surface area (TPSA) is 33.1 Å². The lowest BCUT2D eigenvalue weighted by molar-refractivity contribution is -0.0257. The summed E-state index contributed by atoms with van der Waals surface area (Å²) < 4.78 is 0. The maximum atomic E-state index is 10.5. The molecule has 0 amide bonds. The second kappa shape index (κ2) is 4.11. The normalized spacial score (nSPS) is 23.2.